The van der Waals surface area contributed by atoms with E-state index >= 15 is 0 Å². The number of hydrogen-bond donors (Lipinski definition) is 1. The van der Waals surface area contributed by atoms with E-state index < -0.39 is 0 Å². The van der Waals surface area contributed by atoms with E-state index in [9.17, 15) is 4.79 Å². The number of anilines is 1. The van der Waals surface area contributed by atoms with Crippen LogP contribution < -0.4 is 10.1 Å². The molecular formula is C22H30N2O2. The fourth-order valence-corrected chi connectivity index (χ4v) is 2.85. The van der Waals surface area contributed by atoms with Gasteiger partial charge in [0, 0.05) is 11.3 Å². The molecule has 1 amide bonds. The minimum Gasteiger partial charge on any atom is -0.475 e. The van der Waals surface area contributed by atoms with Crippen molar-refractivity contribution in [3.63, 3.8) is 0 Å². The van der Waals surface area contributed by atoms with E-state index in [1.807, 2.05) is 55.5 Å². The van der Waals surface area contributed by atoms with Gasteiger partial charge in [0.1, 0.15) is 12.0 Å². The van der Waals surface area contributed by atoms with E-state index in [0.717, 1.165) is 24.5 Å². The molecule has 140 valence electrons. The van der Waals surface area contributed by atoms with Crippen LogP contribution in [0.2, 0.25) is 0 Å². The van der Waals surface area contributed by atoms with Gasteiger partial charge in [0.05, 0.1) is 0 Å². The van der Waals surface area contributed by atoms with Crippen molar-refractivity contribution >= 4 is 11.6 Å². The smallest absolute Gasteiger partial charge is 0.255 e. The third-order valence-electron chi connectivity index (χ3n) is 4.58. The van der Waals surface area contributed by atoms with Crippen LogP contribution in [0.15, 0.2) is 48.5 Å². The molecule has 0 spiro atoms. The number of nitrogens with one attached hydrogen (secondary N) is 1. The average Bonchev–Trinajstić information content (AvgIpc) is 2.64. The van der Waals surface area contributed by atoms with Crippen LogP contribution >= 0.6 is 0 Å². The number of carbonyl (C=O) groups excluding carboxylic acids is 1. The van der Waals surface area contributed by atoms with Crippen LogP contribution in [0, 0.1) is 0 Å². The maximum atomic E-state index is 12.4. The average molecular weight is 354 g/mol. The van der Waals surface area contributed by atoms with Crippen LogP contribution in [0.1, 0.15) is 56.5 Å². The highest BCUT2D eigenvalue weighted by Gasteiger charge is 2.12. The van der Waals surface area contributed by atoms with E-state index in [-0.39, 0.29) is 12.1 Å². The molecule has 1 atom stereocenters. The van der Waals surface area contributed by atoms with E-state index in [0.29, 0.717) is 11.5 Å². The Hall–Kier alpha value is -2.33. The van der Waals surface area contributed by atoms with Crippen molar-refractivity contribution in [2.75, 3.05) is 18.4 Å². The summed E-state index contributed by atoms with van der Waals surface area (Å²) in [5.74, 6) is 1.15. The maximum absolute atomic E-state index is 12.4. The van der Waals surface area contributed by atoms with Crippen LogP contribution in [0.5, 0.6) is 5.75 Å². The topological polar surface area (TPSA) is 41.6 Å². The number of nitrogens with zero attached hydrogens (tertiary/aromatic N) is 1. The van der Waals surface area contributed by atoms with E-state index in [1.54, 1.807) is 0 Å². The Morgan fingerprint density at radius 1 is 0.962 bits per heavy atom. The second-order valence-corrected chi connectivity index (χ2v) is 6.69. The second-order valence-electron chi connectivity index (χ2n) is 6.69. The van der Waals surface area contributed by atoms with Crippen LogP contribution in [0.3, 0.4) is 0 Å². The van der Waals surface area contributed by atoms with E-state index in [1.165, 1.54) is 5.56 Å². The molecule has 2 aromatic carbocycles. The fourth-order valence-electron chi connectivity index (χ4n) is 2.85. The lowest BCUT2D eigenvalue weighted by molar-refractivity contribution is 0.0481. The normalized spacial score (nSPS) is 12.3. The molecule has 0 aliphatic heterocycles. The predicted molar refractivity (Wildman–Crippen MR) is 108 cm³/mol. The summed E-state index contributed by atoms with van der Waals surface area (Å²) in [6.45, 7) is 12.5. The largest absolute Gasteiger partial charge is 0.475 e. The van der Waals surface area contributed by atoms with Gasteiger partial charge in [-0.05, 0) is 67.9 Å². The summed E-state index contributed by atoms with van der Waals surface area (Å²) in [5.41, 5.74) is 2.64. The predicted octanol–water partition coefficient (Wildman–Crippen LogP) is 5.13. The van der Waals surface area contributed by atoms with Crippen molar-refractivity contribution in [2.45, 2.75) is 46.8 Å². The van der Waals surface area contributed by atoms with Crippen LogP contribution in [-0.4, -0.2) is 30.1 Å². The molecule has 0 aromatic heterocycles. The maximum Gasteiger partial charge on any atom is 0.255 e. The second kappa shape index (κ2) is 9.39. The molecule has 4 heteroatoms. The Morgan fingerprint density at radius 2 is 1.54 bits per heavy atom. The molecule has 0 saturated carbocycles. The first-order chi connectivity index (χ1) is 12.4. The molecule has 1 N–H and O–H groups in total. The number of carbonyl (C=O) groups is 1. The third-order valence-corrected chi connectivity index (χ3v) is 4.58. The molecule has 2 aromatic rings. The highest BCUT2D eigenvalue weighted by atomic mass is 16.5. The molecule has 2 rings (SSSR count). The molecular weight excluding hydrogens is 324 g/mol. The zero-order chi connectivity index (χ0) is 19.1. The molecule has 0 aliphatic rings. The summed E-state index contributed by atoms with van der Waals surface area (Å²) in [4.78, 5) is 14.6. The van der Waals surface area contributed by atoms with Gasteiger partial charge in [-0.3, -0.25) is 9.69 Å². The summed E-state index contributed by atoms with van der Waals surface area (Å²) >= 11 is 0. The van der Waals surface area contributed by atoms with E-state index in [4.69, 9.17) is 4.74 Å². The van der Waals surface area contributed by atoms with Gasteiger partial charge >= 0.3 is 0 Å². The summed E-state index contributed by atoms with van der Waals surface area (Å²) in [6, 6.07) is 15.3. The van der Waals surface area contributed by atoms with Gasteiger partial charge in [0.2, 0.25) is 0 Å². The number of benzene rings is 2. The van der Waals surface area contributed by atoms with Gasteiger partial charge in [-0.2, -0.15) is 0 Å². The standard InChI is InChI=1S/C22H30N2O2/c1-6-24(7-2)17(5)26-21-14-12-20(13-15-21)23-22(25)19-10-8-18(9-11-19)16(3)4/h8-17H,6-7H2,1-5H3,(H,23,25). The van der Waals surface area contributed by atoms with E-state index in [2.05, 4.69) is 37.9 Å². The fraction of sp³-hybridized carbons (Fsp3) is 0.409. The van der Waals surface area contributed by atoms with Gasteiger partial charge in [-0.25, -0.2) is 0 Å². The van der Waals surface area contributed by atoms with Crippen LogP contribution in [0.25, 0.3) is 0 Å². The van der Waals surface area contributed by atoms with Crippen molar-refractivity contribution in [3.8, 4) is 5.75 Å². The molecule has 0 heterocycles. The monoisotopic (exact) mass is 354 g/mol. The quantitative estimate of drug-likeness (QED) is 0.668. The lowest BCUT2D eigenvalue weighted by Crippen LogP contribution is -2.36. The van der Waals surface area contributed by atoms with Crippen molar-refractivity contribution in [1.29, 1.82) is 0 Å². The molecule has 1 unspecified atom stereocenters. The lowest BCUT2D eigenvalue weighted by atomic mass is 10.0. The Morgan fingerprint density at radius 3 is 2.04 bits per heavy atom. The van der Waals surface area contributed by atoms with Crippen molar-refractivity contribution in [2.24, 2.45) is 0 Å². The lowest BCUT2D eigenvalue weighted by Gasteiger charge is -2.26. The third kappa shape index (κ3) is 5.33. The van der Waals surface area contributed by atoms with Crippen molar-refractivity contribution in [1.82, 2.24) is 4.90 Å². The Bertz CT molecular complexity index is 689. The van der Waals surface area contributed by atoms with Gasteiger partial charge in [0.25, 0.3) is 5.91 Å². The van der Waals surface area contributed by atoms with Crippen LogP contribution in [-0.2, 0) is 0 Å². The van der Waals surface area contributed by atoms with Crippen LogP contribution in [0.4, 0.5) is 5.69 Å². The summed E-state index contributed by atoms with van der Waals surface area (Å²) in [6.07, 6.45) is 0.0184. The number of rotatable bonds is 8. The molecule has 4 nitrogen and oxygen atoms in total. The first-order valence-electron chi connectivity index (χ1n) is 9.36. The van der Waals surface area contributed by atoms with Gasteiger partial charge in [0.15, 0.2) is 0 Å². The minimum atomic E-state index is -0.106. The summed E-state index contributed by atoms with van der Waals surface area (Å²) in [7, 11) is 0. The highest BCUT2D eigenvalue weighted by molar-refractivity contribution is 6.04. The molecule has 0 aliphatic carbocycles. The summed E-state index contributed by atoms with van der Waals surface area (Å²) in [5, 5.41) is 2.93. The number of ether oxygens (including phenoxy) is 1. The minimum absolute atomic E-state index is 0.0184. The van der Waals surface area contributed by atoms with Gasteiger partial charge in [-0.1, -0.05) is 39.8 Å². The molecule has 0 saturated heterocycles. The highest BCUT2D eigenvalue weighted by Crippen LogP contribution is 2.19. The number of hydrogen-bond acceptors (Lipinski definition) is 3. The molecule has 0 radical (unpaired) electrons. The Kier molecular flexibility index (Phi) is 7.22. The van der Waals surface area contributed by atoms with Crippen molar-refractivity contribution < 1.29 is 9.53 Å². The van der Waals surface area contributed by atoms with Gasteiger partial charge in [-0.15, -0.1) is 0 Å². The van der Waals surface area contributed by atoms with Gasteiger partial charge < -0.3 is 10.1 Å². The first-order valence-corrected chi connectivity index (χ1v) is 9.36. The molecule has 26 heavy (non-hydrogen) atoms. The molecule has 0 bridgehead atoms. The molecule has 0 fully saturated rings. The van der Waals surface area contributed by atoms with Crippen molar-refractivity contribution in [3.05, 3.63) is 59.7 Å². The zero-order valence-electron chi connectivity index (χ0n) is 16.5. The Balaban J connectivity index is 1.97. The Labute approximate surface area is 157 Å². The first kappa shape index (κ1) is 20.0. The summed E-state index contributed by atoms with van der Waals surface area (Å²) < 4.78 is 5.95. The number of amides is 1. The SMILES string of the molecule is CCN(CC)C(C)Oc1ccc(NC(=O)c2ccc(C(C)C)cc2)cc1. The zero-order valence-corrected chi connectivity index (χ0v) is 16.5.